The Morgan fingerprint density at radius 2 is 2.15 bits per heavy atom. The normalized spacial score (nSPS) is 28.2. The number of rotatable bonds is 4. The second-order valence-electron chi connectivity index (χ2n) is 5.70. The summed E-state index contributed by atoms with van der Waals surface area (Å²) in [5.41, 5.74) is 7.90. The number of hydrogen-bond acceptors (Lipinski definition) is 1. The highest BCUT2D eigenvalue weighted by molar-refractivity contribution is 6.77. The summed E-state index contributed by atoms with van der Waals surface area (Å²) in [6.45, 7) is 7.18. The summed E-state index contributed by atoms with van der Waals surface area (Å²) in [6, 6.07) is 1.60. The smallest absolute Gasteiger partial charge is 0.0632 e. The van der Waals surface area contributed by atoms with Crippen LogP contribution in [0.15, 0.2) is 0 Å². The molecule has 0 aliphatic carbocycles. The van der Waals surface area contributed by atoms with Crippen molar-refractivity contribution in [3.05, 3.63) is 0 Å². The number of hydrogen-bond donors (Lipinski definition) is 1. The van der Waals surface area contributed by atoms with Crippen molar-refractivity contribution in [2.75, 3.05) is 0 Å². The molecule has 0 radical (unpaired) electrons. The lowest BCUT2D eigenvalue weighted by atomic mass is 10.1. The van der Waals surface area contributed by atoms with Crippen LogP contribution in [-0.4, -0.2) is 23.3 Å². The Kier molecular flexibility index (Phi) is 4.20. The van der Waals surface area contributed by atoms with E-state index in [4.69, 9.17) is 5.73 Å². The third-order valence-electron chi connectivity index (χ3n) is 3.47. The standard InChI is InChI=1S/C10H25NSi2/c1-13(2,3)10(11)7-6-9-5-4-8-12-9/h9-10H,4-8,11-12H2,1-3H3. The van der Waals surface area contributed by atoms with Crippen LogP contribution in [0.25, 0.3) is 0 Å². The molecule has 0 aromatic rings. The van der Waals surface area contributed by atoms with Crippen LogP contribution < -0.4 is 5.73 Å². The zero-order valence-corrected chi connectivity index (χ0v) is 11.9. The van der Waals surface area contributed by atoms with E-state index in [1.807, 2.05) is 0 Å². The summed E-state index contributed by atoms with van der Waals surface area (Å²) in [7, 11) is -0.709. The maximum atomic E-state index is 6.21. The van der Waals surface area contributed by atoms with Gasteiger partial charge in [0.15, 0.2) is 0 Å². The average molecular weight is 215 g/mol. The molecule has 1 fully saturated rings. The molecule has 1 rings (SSSR count). The Morgan fingerprint density at radius 1 is 1.46 bits per heavy atom. The first-order valence-corrected chi connectivity index (χ1v) is 11.1. The van der Waals surface area contributed by atoms with Crippen LogP contribution in [0.4, 0.5) is 0 Å². The van der Waals surface area contributed by atoms with Gasteiger partial charge in [0.25, 0.3) is 0 Å². The molecule has 0 aromatic carbocycles. The van der Waals surface area contributed by atoms with Gasteiger partial charge in [0.2, 0.25) is 0 Å². The minimum absolute atomic E-state index is 0.330. The zero-order valence-electron chi connectivity index (χ0n) is 9.47. The van der Waals surface area contributed by atoms with Crippen molar-refractivity contribution >= 4 is 17.6 Å². The molecular formula is C10H25NSi2. The minimum atomic E-state index is -1.04. The van der Waals surface area contributed by atoms with Crippen molar-refractivity contribution in [3.63, 3.8) is 0 Å². The third-order valence-corrected chi connectivity index (χ3v) is 8.53. The fourth-order valence-electron chi connectivity index (χ4n) is 2.15. The quantitative estimate of drug-likeness (QED) is 0.715. The molecule has 0 bridgehead atoms. The molecule has 2 atom stereocenters. The van der Waals surface area contributed by atoms with Gasteiger partial charge < -0.3 is 5.73 Å². The zero-order chi connectivity index (χ0) is 9.90. The summed E-state index contributed by atoms with van der Waals surface area (Å²) >= 11 is 0. The lowest BCUT2D eigenvalue weighted by Crippen LogP contribution is -2.45. The molecular weight excluding hydrogens is 190 g/mol. The average Bonchev–Trinajstić information content (AvgIpc) is 2.50. The fraction of sp³-hybridized carbons (Fsp3) is 1.00. The fourth-order valence-corrected chi connectivity index (χ4v) is 5.44. The molecule has 2 N–H and O–H groups in total. The third kappa shape index (κ3) is 3.96. The maximum absolute atomic E-state index is 6.21. The molecule has 1 saturated heterocycles. The minimum Gasteiger partial charge on any atom is -0.330 e. The van der Waals surface area contributed by atoms with Crippen molar-refractivity contribution < 1.29 is 0 Å². The molecule has 1 aliphatic rings. The monoisotopic (exact) mass is 215 g/mol. The van der Waals surface area contributed by atoms with Gasteiger partial charge in [-0.1, -0.05) is 50.5 Å². The molecule has 0 aromatic heterocycles. The van der Waals surface area contributed by atoms with E-state index in [1.54, 1.807) is 6.04 Å². The van der Waals surface area contributed by atoms with Gasteiger partial charge in [-0.2, -0.15) is 0 Å². The van der Waals surface area contributed by atoms with Crippen molar-refractivity contribution in [2.24, 2.45) is 5.73 Å². The van der Waals surface area contributed by atoms with Crippen molar-refractivity contribution in [1.29, 1.82) is 0 Å². The highest BCUT2D eigenvalue weighted by Gasteiger charge is 2.24. The Labute approximate surface area is 86.3 Å². The molecule has 78 valence electrons. The van der Waals surface area contributed by atoms with Crippen LogP contribution in [0.1, 0.15) is 25.7 Å². The Hall–Kier alpha value is 0.394. The molecule has 0 spiro atoms. The van der Waals surface area contributed by atoms with E-state index in [1.165, 1.54) is 25.7 Å². The van der Waals surface area contributed by atoms with E-state index in [0.29, 0.717) is 15.2 Å². The molecule has 13 heavy (non-hydrogen) atoms. The van der Waals surface area contributed by atoms with Crippen LogP contribution in [-0.2, 0) is 0 Å². The second-order valence-corrected chi connectivity index (χ2v) is 13.6. The van der Waals surface area contributed by atoms with Crippen LogP contribution in [0.5, 0.6) is 0 Å². The van der Waals surface area contributed by atoms with E-state index < -0.39 is 8.07 Å². The first-order valence-electron chi connectivity index (χ1n) is 5.76. The van der Waals surface area contributed by atoms with Gasteiger partial charge in [-0.25, -0.2) is 0 Å². The van der Waals surface area contributed by atoms with Crippen molar-refractivity contribution in [1.82, 2.24) is 0 Å². The number of nitrogens with two attached hydrogens (primary N) is 1. The van der Waals surface area contributed by atoms with E-state index in [0.717, 1.165) is 5.54 Å². The van der Waals surface area contributed by atoms with Crippen LogP contribution in [0.3, 0.4) is 0 Å². The van der Waals surface area contributed by atoms with Gasteiger partial charge in [0.1, 0.15) is 0 Å². The highest BCUT2D eigenvalue weighted by atomic mass is 28.3. The summed E-state index contributed by atoms with van der Waals surface area (Å²) < 4.78 is 0. The van der Waals surface area contributed by atoms with Gasteiger partial charge in [-0.3, -0.25) is 0 Å². The summed E-state index contributed by atoms with van der Waals surface area (Å²) in [6.07, 6.45) is 5.83. The van der Waals surface area contributed by atoms with E-state index >= 15 is 0 Å². The predicted octanol–water partition coefficient (Wildman–Crippen LogP) is 2.14. The molecule has 1 heterocycles. The van der Waals surface area contributed by atoms with Gasteiger partial charge in [0.05, 0.1) is 8.07 Å². The first kappa shape index (κ1) is 11.5. The first-order chi connectivity index (χ1) is 6.00. The van der Waals surface area contributed by atoms with Gasteiger partial charge in [0, 0.05) is 9.52 Å². The molecule has 3 heteroatoms. The Bertz CT molecular complexity index is 147. The molecule has 1 nitrogen and oxygen atoms in total. The Morgan fingerprint density at radius 3 is 2.62 bits per heavy atom. The Balaban J connectivity index is 2.17. The second kappa shape index (κ2) is 4.76. The van der Waals surface area contributed by atoms with Crippen LogP contribution in [0.2, 0.25) is 31.2 Å². The van der Waals surface area contributed by atoms with E-state index in [-0.39, 0.29) is 0 Å². The largest absolute Gasteiger partial charge is 0.330 e. The van der Waals surface area contributed by atoms with Gasteiger partial charge >= 0.3 is 0 Å². The van der Waals surface area contributed by atoms with Gasteiger partial charge in [-0.05, 0) is 12.1 Å². The van der Waals surface area contributed by atoms with Crippen LogP contribution in [0, 0.1) is 0 Å². The van der Waals surface area contributed by atoms with Crippen LogP contribution >= 0.6 is 0 Å². The summed E-state index contributed by atoms with van der Waals surface area (Å²) in [4.78, 5) is 0. The van der Waals surface area contributed by atoms with E-state index in [2.05, 4.69) is 19.6 Å². The van der Waals surface area contributed by atoms with Crippen molar-refractivity contribution in [2.45, 2.75) is 62.6 Å². The highest BCUT2D eigenvalue weighted by Crippen LogP contribution is 2.29. The molecule has 0 amide bonds. The maximum Gasteiger partial charge on any atom is 0.0632 e. The predicted molar refractivity (Wildman–Crippen MR) is 66.9 cm³/mol. The lowest BCUT2D eigenvalue weighted by molar-refractivity contribution is 0.631. The molecule has 1 aliphatic heterocycles. The van der Waals surface area contributed by atoms with Gasteiger partial charge in [-0.15, -0.1) is 0 Å². The van der Waals surface area contributed by atoms with E-state index in [9.17, 15) is 0 Å². The topological polar surface area (TPSA) is 26.0 Å². The molecule has 0 saturated carbocycles. The molecule has 2 unspecified atom stereocenters. The summed E-state index contributed by atoms with van der Waals surface area (Å²) in [5, 5.41) is 0. The SMILES string of the molecule is C[Si](C)(C)C(N)CCC1CCC[SiH2]1. The lowest BCUT2D eigenvalue weighted by Gasteiger charge is -2.25. The van der Waals surface area contributed by atoms with Crippen molar-refractivity contribution in [3.8, 4) is 0 Å². The summed E-state index contributed by atoms with van der Waals surface area (Å²) in [5.74, 6) is 0.